The van der Waals surface area contributed by atoms with E-state index in [4.69, 9.17) is 4.74 Å². The number of epoxide rings is 1. The first-order valence-electron chi connectivity index (χ1n) is 13.2. The molecular weight excluding hydrogens is 368 g/mol. The van der Waals surface area contributed by atoms with Gasteiger partial charge in [-0.1, -0.05) is 46.3 Å². The van der Waals surface area contributed by atoms with Crippen molar-refractivity contribution < 1.29 is 9.84 Å². The summed E-state index contributed by atoms with van der Waals surface area (Å²) in [5, 5.41) is 10.2. The van der Waals surface area contributed by atoms with E-state index in [-0.39, 0.29) is 11.7 Å². The van der Waals surface area contributed by atoms with Crippen LogP contribution in [0.15, 0.2) is 11.6 Å². The Morgan fingerprint density at radius 3 is 2.53 bits per heavy atom. The number of allylic oxidation sites excluding steroid dienone is 1. The third-order valence-corrected chi connectivity index (χ3v) is 11.4. The topological polar surface area (TPSA) is 32.8 Å². The first-order valence-corrected chi connectivity index (χ1v) is 13.2. The van der Waals surface area contributed by atoms with Gasteiger partial charge in [-0.05, 0) is 111 Å². The second-order valence-corrected chi connectivity index (χ2v) is 12.9. The van der Waals surface area contributed by atoms with E-state index in [9.17, 15) is 5.11 Å². The maximum atomic E-state index is 10.2. The highest BCUT2D eigenvalue weighted by molar-refractivity contribution is 5.25. The molecule has 0 aromatic rings. The molecule has 170 valence electrons. The van der Waals surface area contributed by atoms with Crippen molar-refractivity contribution in [3.63, 3.8) is 0 Å². The van der Waals surface area contributed by atoms with Crippen molar-refractivity contribution in [2.75, 3.05) is 6.61 Å². The highest BCUT2D eigenvalue weighted by atomic mass is 16.6. The molecule has 0 radical (unpaired) electrons. The molecule has 2 nitrogen and oxygen atoms in total. The predicted molar refractivity (Wildman–Crippen MR) is 123 cm³/mol. The molecule has 0 bridgehead atoms. The third kappa shape index (κ3) is 3.18. The fourth-order valence-corrected chi connectivity index (χ4v) is 9.15. The van der Waals surface area contributed by atoms with Crippen molar-refractivity contribution in [2.45, 2.75) is 111 Å². The normalized spacial score (nSPS) is 51.0. The molecule has 5 aliphatic rings. The summed E-state index contributed by atoms with van der Waals surface area (Å²) >= 11 is 0. The molecule has 1 N–H and O–H groups in total. The van der Waals surface area contributed by atoms with Gasteiger partial charge in [0.1, 0.15) is 0 Å². The number of hydrogen-bond donors (Lipinski definition) is 1. The molecule has 1 saturated heterocycles. The Balaban J connectivity index is 1.30. The van der Waals surface area contributed by atoms with E-state index in [1.165, 1.54) is 51.4 Å². The van der Waals surface area contributed by atoms with Crippen LogP contribution in [0.5, 0.6) is 0 Å². The monoisotopic (exact) mass is 414 g/mol. The standard InChI is InChI=1S/C28H46O2/c1-18(2)28(17-30-28)15-10-19(3)23-8-9-24-22-7-6-20-16-21(29)11-13-26(20,4)25(22)12-14-27(23,24)5/h6,18-19,21-25,29H,7-17H2,1-5H3/t19-,21+,22+,23-,24+,25+,26+,27-,28-/m1/s1. The van der Waals surface area contributed by atoms with Crippen LogP contribution < -0.4 is 0 Å². The van der Waals surface area contributed by atoms with Crippen LogP contribution in [0.3, 0.4) is 0 Å². The number of aliphatic hydroxyl groups excluding tert-OH is 1. The quantitative estimate of drug-likeness (QED) is 0.398. The van der Waals surface area contributed by atoms with E-state index in [1.807, 2.05) is 0 Å². The summed E-state index contributed by atoms with van der Waals surface area (Å²) in [4.78, 5) is 0. The first kappa shape index (κ1) is 21.5. The number of fused-ring (bicyclic) bond motifs is 5. The number of ether oxygens (including phenoxy) is 1. The zero-order chi connectivity index (χ0) is 21.3. The minimum Gasteiger partial charge on any atom is -0.393 e. The summed E-state index contributed by atoms with van der Waals surface area (Å²) in [5.41, 5.74) is 2.75. The van der Waals surface area contributed by atoms with Crippen molar-refractivity contribution in [3.8, 4) is 0 Å². The minimum absolute atomic E-state index is 0.0870. The van der Waals surface area contributed by atoms with E-state index in [0.717, 1.165) is 49.0 Å². The number of hydrogen-bond acceptors (Lipinski definition) is 2. The van der Waals surface area contributed by atoms with Crippen molar-refractivity contribution in [2.24, 2.45) is 46.3 Å². The molecule has 30 heavy (non-hydrogen) atoms. The SMILES string of the molecule is CC(C)[C@@]1(CC[C@@H](C)[C@H]2CC[C@H]3[C@@H]4CC=C5C[C@@H](O)CC[C@]5(C)[C@H]4CC[C@]23C)CO1. The molecule has 1 heterocycles. The van der Waals surface area contributed by atoms with Crippen molar-refractivity contribution in [3.05, 3.63) is 11.6 Å². The largest absolute Gasteiger partial charge is 0.393 e. The van der Waals surface area contributed by atoms with Gasteiger partial charge >= 0.3 is 0 Å². The van der Waals surface area contributed by atoms with E-state index in [0.29, 0.717) is 16.7 Å². The molecular formula is C28H46O2. The molecule has 0 aromatic heterocycles. The Hall–Kier alpha value is -0.340. The smallest absolute Gasteiger partial charge is 0.0939 e. The maximum Gasteiger partial charge on any atom is 0.0939 e. The fraction of sp³-hybridized carbons (Fsp3) is 0.929. The van der Waals surface area contributed by atoms with Gasteiger partial charge in [0, 0.05) is 0 Å². The van der Waals surface area contributed by atoms with Gasteiger partial charge in [-0.15, -0.1) is 0 Å². The molecule has 0 unspecified atom stereocenters. The molecule has 0 aromatic carbocycles. The fourth-order valence-electron chi connectivity index (χ4n) is 9.15. The second-order valence-electron chi connectivity index (χ2n) is 12.9. The highest BCUT2D eigenvalue weighted by Crippen LogP contribution is 2.67. The molecule has 9 atom stereocenters. The minimum atomic E-state index is -0.0870. The van der Waals surface area contributed by atoms with Crippen molar-refractivity contribution >= 4 is 0 Å². The van der Waals surface area contributed by atoms with Gasteiger partial charge in [-0.3, -0.25) is 0 Å². The lowest BCUT2D eigenvalue weighted by Crippen LogP contribution is -2.50. The molecule has 4 fully saturated rings. The van der Waals surface area contributed by atoms with Gasteiger partial charge in [-0.2, -0.15) is 0 Å². The van der Waals surface area contributed by atoms with E-state index in [1.54, 1.807) is 5.57 Å². The predicted octanol–water partition coefficient (Wildman–Crippen LogP) is 6.77. The Kier molecular flexibility index (Phi) is 5.26. The molecule has 3 saturated carbocycles. The van der Waals surface area contributed by atoms with Gasteiger partial charge in [-0.25, -0.2) is 0 Å². The zero-order valence-corrected chi connectivity index (χ0v) is 20.3. The lowest BCUT2D eigenvalue weighted by molar-refractivity contribution is -0.0576. The zero-order valence-electron chi connectivity index (χ0n) is 20.3. The summed E-state index contributed by atoms with van der Waals surface area (Å²) in [7, 11) is 0. The summed E-state index contributed by atoms with van der Waals surface area (Å²) in [6, 6.07) is 0. The number of rotatable bonds is 5. The van der Waals surface area contributed by atoms with Crippen LogP contribution in [0.25, 0.3) is 0 Å². The van der Waals surface area contributed by atoms with Crippen LogP contribution in [0.2, 0.25) is 0 Å². The average molecular weight is 415 g/mol. The van der Waals surface area contributed by atoms with Crippen molar-refractivity contribution in [1.29, 1.82) is 0 Å². The molecule has 1 aliphatic heterocycles. The first-order chi connectivity index (χ1) is 14.2. The molecule has 0 spiro atoms. The Labute approximate surface area is 185 Å². The van der Waals surface area contributed by atoms with Gasteiger partial charge in [0.15, 0.2) is 0 Å². The lowest BCUT2D eigenvalue weighted by atomic mass is 9.47. The van der Waals surface area contributed by atoms with Gasteiger partial charge in [0.25, 0.3) is 0 Å². The Bertz CT molecular complexity index is 691. The summed E-state index contributed by atoms with van der Waals surface area (Å²) in [6.07, 6.45) is 15.3. The van der Waals surface area contributed by atoms with Crippen LogP contribution in [0, 0.1) is 46.3 Å². The molecule has 0 amide bonds. The maximum absolute atomic E-state index is 10.2. The van der Waals surface area contributed by atoms with Crippen molar-refractivity contribution in [1.82, 2.24) is 0 Å². The van der Waals surface area contributed by atoms with E-state index < -0.39 is 0 Å². The Morgan fingerprint density at radius 2 is 1.83 bits per heavy atom. The van der Waals surface area contributed by atoms with Crippen LogP contribution in [0.1, 0.15) is 98.8 Å². The summed E-state index contributed by atoms with van der Waals surface area (Å²) in [5.74, 6) is 5.05. The third-order valence-electron chi connectivity index (χ3n) is 11.4. The molecule has 2 heteroatoms. The average Bonchev–Trinajstić information content (AvgIpc) is 3.42. The molecule has 5 rings (SSSR count). The Morgan fingerprint density at radius 1 is 1.07 bits per heavy atom. The summed E-state index contributed by atoms with van der Waals surface area (Å²) in [6.45, 7) is 13.5. The van der Waals surface area contributed by atoms with Crippen LogP contribution in [0.4, 0.5) is 0 Å². The highest BCUT2D eigenvalue weighted by Gasteiger charge is 2.59. The number of aliphatic hydroxyl groups is 1. The summed E-state index contributed by atoms with van der Waals surface area (Å²) < 4.78 is 5.92. The van der Waals surface area contributed by atoms with Gasteiger partial charge in [0.05, 0.1) is 18.3 Å². The van der Waals surface area contributed by atoms with E-state index in [2.05, 4.69) is 40.7 Å². The van der Waals surface area contributed by atoms with Gasteiger partial charge in [0.2, 0.25) is 0 Å². The van der Waals surface area contributed by atoms with Crippen LogP contribution >= 0.6 is 0 Å². The van der Waals surface area contributed by atoms with Crippen LogP contribution in [-0.4, -0.2) is 23.4 Å². The van der Waals surface area contributed by atoms with Gasteiger partial charge < -0.3 is 9.84 Å². The second kappa shape index (κ2) is 7.34. The lowest BCUT2D eigenvalue weighted by Gasteiger charge is -2.58. The van der Waals surface area contributed by atoms with Crippen LogP contribution in [-0.2, 0) is 4.74 Å². The van der Waals surface area contributed by atoms with E-state index >= 15 is 0 Å². The molecule has 4 aliphatic carbocycles.